The summed E-state index contributed by atoms with van der Waals surface area (Å²) < 4.78 is 11.8. The number of nitrogens with one attached hydrogen (secondary N) is 1. The molecule has 0 unspecified atom stereocenters. The molecule has 0 saturated heterocycles. The number of nitrogens with zero attached hydrogens (tertiary/aromatic N) is 4. The summed E-state index contributed by atoms with van der Waals surface area (Å²) in [5, 5.41) is 3.20. The highest BCUT2D eigenvalue weighted by atomic mass is 16.4. The first kappa shape index (κ1) is 18.6. The quantitative estimate of drug-likeness (QED) is 0.385. The lowest BCUT2D eigenvalue weighted by Gasteiger charge is -2.11. The molecule has 0 spiro atoms. The molecule has 4 heterocycles. The van der Waals surface area contributed by atoms with Gasteiger partial charge < -0.3 is 19.9 Å². The average Bonchev–Trinajstić information content (AvgIpc) is 3.47. The Hall–Kier alpha value is -4.46. The van der Waals surface area contributed by atoms with Gasteiger partial charge >= 0.3 is 0 Å². The highest BCUT2D eigenvalue weighted by molar-refractivity contribution is 5.76. The molecule has 0 aliphatic carbocycles. The summed E-state index contributed by atoms with van der Waals surface area (Å²) in [4.78, 5) is 16.9. The van der Waals surface area contributed by atoms with Gasteiger partial charge in [-0.1, -0.05) is 0 Å². The van der Waals surface area contributed by atoms with E-state index in [1.807, 2.05) is 43.3 Å². The average molecular weight is 410 g/mol. The largest absolute Gasteiger partial charge is 0.436 e. The van der Waals surface area contributed by atoms with Gasteiger partial charge in [-0.2, -0.15) is 0 Å². The van der Waals surface area contributed by atoms with Crippen LogP contribution in [-0.4, -0.2) is 19.9 Å². The van der Waals surface area contributed by atoms with Crippen LogP contribution in [0.4, 0.5) is 17.4 Å². The first-order chi connectivity index (χ1) is 15.2. The highest BCUT2D eigenvalue weighted by Crippen LogP contribution is 2.34. The Bertz CT molecular complexity index is 1330. The molecule has 4 aromatic heterocycles. The molecule has 8 heteroatoms. The molecule has 5 aromatic rings. The smallest absolute Gasteiger partial charge is 0.299 e. The first-order valence-electron chi connectivity index (χ1n) is 9.57. The maximum atomic E-state index is 6.16. The number of benzene rings is 1. The maximum absolute atomic E-state index is 6.16. The summed E-state index contributed by atoms with van der Waals surface area (Å²) >= 11 is 0. The van der Waals surface area contributed by atoms with Gasteiger partial charge in [0.15, 0.2) is 11.5 Å². The monoisotopic (exact) mass is 410 g/mol. The minimum absolute atomic E-state index is 0.356. The van der Waals surface area contributed by atoms with E-state index in [0.717, 1.165) is 27.9 Å². The van der Waals surface area contributed by atoms with Crippen molar-refractivity contribution >= 4 is 17.4 Å². The zero-order valence-corrected chi connectivity index (χ0v) is 16.6. The van der Waals surface area contributed by atoms with E-state index in [0.29, 0.717) is 29.1 Å². The zero-order chi connectivity index (χ0) is 21.2. The molecule has 8 nitrogen and oxygen atoms in total. The van der Waals surface area contributed by atoms with E-state index < -0.39 is 0 Å². The van der Waals surface area contributed by atoms with Crippen molar-refractivity contribution in [2.45, 2.75) is 6.92 Å². The van der Waals surface area contributed by atoms with Crippen LogP contribution in [0.5, 0.6) is 0 Å². The van der Waals surface area contributed by atoms with E-state index in [4.69, 9.17) is 14.6 Å². The zero-order valence-electron chi connectivity index (χ0n) is 16.6. The topological polar surface area (TPSA) is 116 Å². The van der Waals surface area contributed by atoms with Gasteiger partial charge in [-0.25, -0.2) is 9.97 Å². The third-order valence-corrected chi connectivity index (χ3v) is 4.82. The maximum Gasteiger partial charge on any atom is 0.299 e. The first-order valence-corrected chi connectivity index (χ1v) is 9.57. The van der Waals surface area contributed by atoms with Gasteiger partial charge in [0.1, 0.15) is 0 Å². The predicted octanol–water partition coefficient (Wildman–Crippen LogP) is 5.09. The lowest BCUT2D eigenvalue weighted by atomic mass is 10.1. The van der Waals surface area contributed by atoms with E-state index in [1.54, 1.807) is 37.2 Å². The van der Waals surface area contributed by atoms with Gasteiger partial charge in [-0.05, 0) is 48.9 Å². The Labute approximate surface area is 177 Å². The van der Waals surface area contributed by atoms with Gasteiger partial charge in [0.2, 0.25) is 5.89 Å². The third-order valence-electron chi connectivity index (χ3n) is 4.82. The van der Waals surface area contributed by atoms with Crippen molar-refractivity contribution < 1.29 is 8.83 Å². The number of hydrogen-bond donors (Lipinski definition) is 2. The molecule has 0 saturated carbocycles. The molecule has 3 N–H and O–H groups in total. The molecule has 0 fully saturated rings. The second-order valence-electron chi connectivity index (χ2n) is 6.90. The Kier molecular flexibility index (Phi) is 4.64. The Morgan fingerprint density at radius 3 is 2.45 bits per heavy atom. The molecule has 5 rings (SSSR count). The van der Waals surface area contributed by atoms with E-state index in [1.165, 1.54) is 0 Å². The van der Waals surface area contributed by atoms with Crippen molar-refractivity contribution in [1.82, 2.24) is 19.9 Å². The molecule has 0 bridgehead atoms. The van der Waals surface area contributed by atoms with Crippen LogP contribution < -0.4 is 11.1 Å². The summed E-state index contributed by atoms with van der Waals surface area (Å²) in [6.45, 7) is 1.96. The molecular formula is C23H18N6O2. The summed E-state index contributed by atoms with van der Waals surface area (Å²) in [7, 11) is 0. The summed E-state index contributed by atoms with van der Waals surface area (Å²) in [6, 6.07) is 11.5. The number of aromatic nitrogens is 4. The molecule has 0 aliphatic heterocycles. The van der Waals surface area contributed by atoms with E-state index in [-0.39, 0.29) is 0 Å². The molecule has 31 heavy (non-hydrogen) atoms. The van der Waals surface area contributed by atoms with Crippen LogP contribution in [-0.2, 0) is 0 Å². The van der Waals surface area contributed by atoms with Gasteiger partial charge in [-0.3, -0.25) is 9.97 Å². The van der Waals surface area contributed by atoms with Crippen molar-refractivity contribution in [2.75, 3.05) is 11.1 Å². The minimum atomic E-state index is 0.356. The number of nitrogen functional groups attached to an aromatic ring is 1. The number of hydrogen-bond acceptors (Lipinski definition) is 8. The van der Waals surface area contributed by atoms with E-state index in [2.05, 4.69) is 25.3 Å². The number of pyridine rings is 2. The van der Waals surface area contributed by atoms with E-state index in [9.17, 15) is 0 Å². The minimum Gasteiger partial charge on any atom is -0.436 e. The van der Waals surface area contributed by atoms with Gasteiger partial charge in [0.25, 0.3) is 6.01 Å². The lowest BCUT2D eigenvalue weighted by Crippen LogP contribution is -1.98. The Morgan fingerprint density at radius 2 is 1.65 bits per heavy atom. The van der Waals surface area contributed by atoms with Crippen molar-refractivity contribution in [2.24, 2.45) is 0 Å². The van der Waals surface area contributed by atoms with Crippen LogP contribution in [0.3, 0.4) is 0 Å². The van der Waals surface area contributed by atoms with E-state index >= 15 is 0 Å². The second-order valence-corrected chi connectivity index (χ2v) is 6.90. The molecule has 0 aliphatic rings. The van der Waals surface area contributed by atoms with Crippen LogP contribution in [0.1, 0.15) is 5.56 Å². The van der Waals surface area contributed by atoms with Crippen molar-refractivity contribution in [1.29, 1.82) is 0 Å². The van der Waals surface area contributed by atoms with Crippen LogP contribution in [0, 0.1) is 6.92 Å². The van der Waals surface area contributed by atoms with Crippen molar-refractivity contribution in [3.05, 3.63) is 79.1 Å². The predicted molar refractivity (Wildman–Crippen MR) is 117 cm³/mol. The fourth-order valence-electron chi connectivity index (χ4n) is 3.23. The number of nitrogens with two attached hydrogens (primary N) is 1. The molecule has 1 aromatic carbocycles. The van der Waals surface area contributed by atoms with Crippen molar-refractivity contribution in [3.8, 4) is 34.1 Å². The van der Waals surface area contributed by atoms with Crippen LogP contribution in [0.25, 0.3) is 34.1 Å². The standard InChI is InChI=1S/C23H18N6O2/c1-14-18(22-27-12-21(30-22)16-3-2-6-26-11-16)9-17(24)10-19(14)29-23-28-13-20(31-23)15-4-7-25-8-5-15/h2-13H,24H2,1H3,(H,28,29). The fourth-order valence-corrected chi connectivity index (χ4v) is 3.23. The van der Waals surface area contributed by atoms with Gasteiger partial charge in [-0.15, -0.1) is 0 Å². The summed E-state index contributed by atoms with van der Waals surface area (Å²) in [5.41, 5.74) is 10.9. The van der Waals surface area contributed by atoms with Crippen LogP contribution in [0.15, 0.2) is 82.4 Å². The fraction of sp³-hybridized carbons (Fsp3) is 0.0435. The van der Waals surface area contributed by atoms with Crippen LogP contribution in [0.2, 0.25) is 0 Å². The molecule has 0 amide bonds. The Balaban J connectivity index is 1.46. The van der Waals surface area contributed by atoms with Gasteiger partial charge in [0, 0.05) is 52.9 Å². The molecule has 152 valence electrons. The van der Waals surface area contributed by atoms with Crippen molar-refractivity contribution in [3.63, 3.8) is 0 Å². The third kappa shape index (κ3) is 3.74. The molecule has 0 radical (unpaired) electrons. The lowest BCUT2D eigenvalue weighted by molar-refractivity contribution is 0.587. The Morgan fingerprint density at radius 1 is 0.839 bits per heavy atom. The molecule has 0 atom stereocenters. The normalized spacial score (nSPS) is 10.9. The highest BCUT2D eigenvalue weighted by Gasteiger charge is 2.16. The number of anilines is 3. The second kappa shape index (κ2) is 7.75. The summed E-state index contributed by atoms with van der Waals surface area (Å²) in [5.74, 6) is 1.74. The summed E-state index contributed by atoms with van der Waals surface area (Å²) in [6.07, 6.45) is 10.2. The SMILES string of the molecule is Cc1c(Nc2ncc(-c3ccncc3)o2)cc(N)cc1-c1ncc(-c2cccnc2)o1. The molecular weight excluding hydrogens is 392 g/mol. The number of rotatable bonds is 5. The van der Waals surface area contributed by atoms with Gasteiger partial charge in [0.05, 0.1) is 12.4 Å². The number of oxazole rings is 2. The van der Waals surface area contributed by atoms with Crippen LogP contribution >= 0.6 is 0 Å².